The Kier molecular flexibility index (Phi) is 4.69. The standard InChI is InChI=1S/C12H12F4O/c1-2-11(12(14,15)16)17-8-7-9-5-3-4-6-10(9)13/h2-6,11H,1,7-8H2. The van der Waals surface area contributed by atoms with Crippen LogP contribution in [0.25, 0.3) is 0 Å². The molecule has 1 unspecified atom stereocenters. The van der Waals surface area contributed by atoms with Gasteiger partial charge in [0.1, 0.15) is 5.82 Å². The van der Waals surface area contributed by atoms with Crippen LogP contribution in [0.4, 0.5) is 17.6 Å². The quantitative estimate of drug-likeness (QED) is 0.572. The molecule has 1 aromatic rings. The van der Waals surface area contributed by atoms with E-state index in [0.717, 1.165) is 0 Å². The van der Waals surface area contributed by atoms with Gasteiger partial charge in [0.05, 0.1) is 6.61 Å². The van der Waals surface area contributed by atoms with Crippen molar-refractivity contribution in [2.75, 3.05) is 6.61 Å². The summed E-state index contributed by atoms with van der Waals surface area (Å²) in [7, 11) is 0. The number of hydrogen-bond donors (Lipinski definition) is 0. The summed E-state index contributed by atoms with van der Waals surface area (Å²) in [6.45, 7) is 2.84. The average molecular weight is 248 g/mol. The summed E-state index contributed by atoms with van der Waals surface area (Å²) in [5.74, 6) is -0.446. The van der Waals surface area contributed by atoms with Crippen LogP contribution in [0.1, 0.15) is 5.56 Å². The highest BCUT2D eigenvalue weighted by molar-refractivity contribution is 5.17. The monoisotopic (exact) mass is 248 g/mol. The van der Waals surface area contributed by atoms with E-state index in [1.807, 2.05) is 0 Å². The molecule has 0 saturated heterocycles. The summed E-state index contributed by atoms with van der Waals surface area (Å²) >= 11 is 0. The highest BCUT2D eigenvalue weighted by Gasteiger charge is 2.38. The van der Waals surface area contributed by atoms with Gasteiger partial charge in [0, 0.05) is 0 Å². The predicted molar refractivity (Wildman–Crippen MR) is 56.1 cm³/mol. The Labute approximate surface area is 96.7 Å². The van der Waals surface area contributed by atoms with E-state index in [4.69, 9.17) is 0 Å². The van der Waals surface area contributed by atoms with Crippen LogP contribution in [-0.4, -0.2) is 18.9 Å². The molecule has 0 aliphatic heterocycles. The van der Waals surface area contributed by atoms with E-state index >= 15 is 0 Å². The van der Waals surface area contributed by atoms with Crippen molar-refractivity contribution in [3.8, 4) is 0 Å². The fourth-order valence-electron chi connectivity index (χ4n) is 1.29. The van der Waals surface area contributed by atoms with E-state index in [9.17, 15) is 17.6 Å². The fourth-order valence-corrected chi connectivity index (χ4v) is 1.29. The Morgan fingerprint density at radius 1 is 1.29 bits per heavy atom. The van der Waals surface area contributed by atoms with Crippen molar-refractivity contribution >= 4 is 0 Å². The van der Waals surface area contributed by atoms with Gasteiger partial charge in [0.2, 0.25) is 0 Å². The van der Waals surface area contributed by atoms with Gasteiger partial charge in [-0.1, -0.05) is 24.3 Å². The van der Waals surface area contributed by atoms with Crippen LogP contribution in [0, 0.1) is 5.82 Å². The van der Waals surface area contributed by atoms with Gasteiger partial charge in [0.15, 0.2) is 6.10 Å². The normalized spacial score (nSPS) is 13.4. The summed E-state index contributed by atoms with van der Waals surface area (Å²) in [6, 6.07) is 5.90. The van der Waals surface area contributed by atoms with Gasteiger partial charge in [-0.05, 0) is 18.1 Å². The summed E-state index contributed by atoms with van der Waals surface area (Å²) in [5, 5.41) is 0. The molecule has 0 aliphatic rings. The van der Waals surface area contributed by atoms with Crippen LogP contribution in [0.2, 0.25) is 0 Å². The Morgan fingerprint density at radius 3 is 2.47 bits per heavy atom. The fraction of sp³-hybridized carbons (Fsp3) is 0.333. The topological polar surface area (TPSA) is 9.23 Å². The number of benzene rings is 1. The molecule has 1 nitrogen and oxygen atoms in total. The van der Waals surface area contributed by atoms with Gasteiger partial charge >= 0.3 is 6.18 Å². The molecule has 1 aromatic carbocycles. The first-order valence-electron chi connectivity index (χ1n) is 4.99. The number of ether oxygens (including phenoxy) is 1. The predicted octanol–water partition coefficient (Wildman–Crippen LogP) is 3.50. The van der Waals surface area contributed by atoms with E-state index < -0.39 is 18.1 Å². The average Bonchev–Trinajstić information content (AvgIpc) is 2.25. The summed E-state index contributed by atoms with van der Waals surface area (Å²) in [6.07, 6.45) is -5.71. The third-order valence-electron chi connectivity index (χ3n) is 2.16. The van der Waals surface area contributed by atoms with Crippen molar-refractivity contribution in [2.45, 2.75) is 18.7 Å². The lowest BCUT2D eigenvalue weighted by atomic mass is 10.1. The summed E-state index contributed by atoms with van der Waals surface area (Å²) in [4.78, 5) is 0. The summed E-state index contributed by atoms with van der Waals surface area (Å²) < 4.78 is 54.5. The smallest absolute Gasteiger partial charge is 0.364 e. The van der Waals surface area contributed by atoms with Crippen LogP contribution in [0.3, 0.4) is 0 Å². The molecule has 1 atom stereocenters. The second-order valence-electron chi connectivity index (χ2n) is 3.41. The van der Waals surface area contributed by atoms with Crippen LogP contribution in [-0.2, 0) is 11.2 Å². The Hall–Kier alpha value is -1.36. The second-order valence-corrected chi connectivity index (χ2v) is 3.41. The zero-order valence-corrected chi connectivity index (χ0v) is 9.01. The molecular formula is C12H12F4O. The van der Waals surface area contributed by atoms with Crippen molar-refractivity contribution in [3.63, 3.8) is 0 Å². The minimum Gasteiger partial charge on any atom is -0.364 e. The summed E-state index contributed by atoms with van der Waals surface area (Å²) in [5.41, 5.74) is 0.331. The lowest BCUT2D eigenvalue weighted by Gasteiger charge is -2.17. The van der Waals surface area contributed by atoms with Gasteiger partial charge in [-0.2, -0.15) is 13.2 Å². The first-order valence-corrected chi connectivity index (χ1v) is 4.99. The molecular weight excluding hydrogens is 236 g/mol. The van der Waals surface area contributed by atoms with Crippen LogP contribution < -0.4 is 0 Å². The van der Waals surface area contributed by atoms with Crippen molar-refractivity contribution in [1.29, 1.82) is 0 Å². The Morgan fingerprint density at radius 2 is 1.94 bits per heavy atom. The molecule has 0 fully saturated rings. The van der Waals surface area contributed by atoms with E-state index in [1.54, 1.807) is 6.07 Å². The molecule has 1 rings (SSSR count). The third kappa shape index (κ3) is 4.19. The zero-order valence-electron chi connectivity index (χ0n) is 9.01. The Balaban J connectivity index is 2.48. The molecule has 94 valence electrons. The maximum atomic E-state index is 13.1. The lowest BCUT2D eigenvalue weighted by Crippen LogP contribution is -2.30. The third-order valence-corrected chi connectivity index (χ3v) is 2.16. The van der Waals surface area contributed by atoms with E-state index in [-0.39, 0.29) is 13.0 Å². The van der Waals surface area contributed by atoms with Gasteiger partial charge in [-0.25, -0.2) is 4.39 Å². The molecule has 0 bridgehead atoms. The molecule has 0 heterocycles. The van der Waals surface area contributed by atoms with Gasteiger partial charge < -0.3 is 4.74 Å². The highest BCUT2D eigenvalue weighted by Crippen LogP contribution is 2.23. The van der Waals surface area contributed by atoms with Crippen LogP contribution in [0.15, 0.2) is 36.9 Å². The maximum Gasteiger partial charge on any atom is 0.418 e. The van der Waals surface area contributed by atoms with Crippen LogP contribution in [0.5, 0.6) is 0 Å². The first-order chi connectivity index (χ1) is 7.95. The van der Waals surface area contributed by atoms with Crippen molar-refractivity contribution in [2.24, 2.45) is 0 Å². The minimum absolute atomic E-state index is 0.0904. The molecule has 0 aliphatic carbocycles. The number of hydrogen-bond acceptors (Lipinski definition) is 1. The molecule has 0 radical (unpaired) electrons. The van der Waals surface area contributed by atoms with E-state index in [0.29, 0.717) is 11.6 Å². The first kappa shape index (κ1) is 13.7. The number of halogens is 4. The Bertz CT molecular complexity index is 373. The molecule has 0 spiro atoms. The molecule has 0 aromatic heterocycles. The molecule has 0 amide bonds. The molecule has 5 heteroatoms. The van der Waals surface area contributed by atoms with E-state index in [1.165, 1.54) is 18.2 Å². The van der Waals surface area contributed by atoms with Gasteiger partial charge in [-0.3, -0.25) is 0 Å². The molecule has 0 saturated carbocycles. The zero-order chi connectivity index (χ0) is 12.9. The number of rotatable bonds is 5. The minimum atomic E-state index is -4.48. The largest absolute Gasteiger partial charge is 0.418 e. The maximum absolute atomic E-state index is 13.1. The molecule has 17 heavy (non-hydrogen) atoms. The molecule has 0 N–H and O–H groups in total. The van der Waals surface area contributed by atoms with Crippen molar-refractivity contribution < 1.29 is 22.3 Å². The highest BCUT2D eigenvalue weighted by atomic mass is 19.4. The second kappa shape index (κ2) is 5.82. The van der Waals surface area contributed by atoms with Gasteiger partial charge in [0.25, 0.3) is 0 Å². The van der Waals surface area contributed by atoms with Crippen LogP contribution >= 0.6 is 0 Å². The van der Waals surface area contributed by atoms with E-state index in [2.05, 4.69) is 11.3 Å². The van der Waals surface area contributed by atoms with Gasteiger partial charge in [-0.15, -0.1) is 6.58 Å². The SMILES string of the molecule is C=CC(OCCc1ccccc1F)C(F)(F)F. The van der Waals surface area contributed by atoms with Crippen molar-refractivity contribution in [1.82, 2.24) is 0 Å². The lowest BCUT2D eigenvalue weighted by molar-refractivity contribution is -0.203. The van der Waals surface area contributed by atoms with Crippen molar-refractivity contribution in [3.05, 3.63) is 48.3 Å². The number of alkyl halides is 3.